The number of H-pyrrole nitrogens is 1. The first-order valence-electron chi connectivity index (χ1n) is 7.76. The molecular formula is C17H16ClN7O. The number of aliphatic imine (C=N–C) groups is 1. The number of tetrazole rings is 1. The Morgan fingerprint density at radius 1 is 1.08 bits per heavy atom. The van der Waals surface area contributed by atoms with Gasteiger partial charge in [-0.05, 0) is 6.07 Å². The lowest BCUT2D eigenvalue weighted by molar-refractivity contribution is -0.119. The molecule has 1 aliphatic heterocycles. The number of halogens is 1. The number of amides is 1. The van der Waals surface area contributed by atoms with E-state index < -0.39 is 6.17 Å². The molecule has 1 atom stereocenters. The molecule has 1 aromatic heterocycles. The van der Waals surface area contributed by atoms with Gasteiger partial charge < -0.3 is 10.6 Å². The van der Waals surface area contributed by atoms with E-state index >= 15 is 0 Å². The van der Waals surface area contributed by atoms with E-state index in [1.807, 2.05) is 54.6 Å². The summed E-state index contributed by atoms with van der Waals surface area (Å²) in [7, 11) is 0. The fraction of sp³-hybridized carbons (Fsp3) is 0.118. The van der Waals surface area contributed by atoms with E-state index in [0.29, 0.717) is 17.2 Å². The van der Waals surface area contributed by atoms with Crippen LogP contribution in [-0.4, -0.2) is 38.4 Å². The Morgan fingerprint density at radius 2 is 1.81 bits per heavy atom. The van der Waals surface area contributed by atoms with E-state index in [9.17, 15) is 4.79 Å². The summed E-state index contributed by atoms with van der Waals surface area (Å²) < 4.78 is 0. The predicted molar refractivity (Wildman–Crippen MR) is 99.1 cm³/mol. The maximum Gasteiger partial charge on any atom is 0.266 e. The third kappa shape index (κ3) is 3.19. The lowest BCUT2D eigenvalue weighted by Gasteiger charge is -2.22. The number of aromatic amines is 1. The molecule has 2 heterocycles. The summed E-state index contributed by atoms with van der Waals surface area (Å²) in [4.78, 5) is 18.9. The van der Waals surface area contributed by atoms with Crippen molar-refractivity contribution in [2.24, 2.45) is 10.7 Å². The highest BCUT2D eigenvalue weighted by molar-refractivity contribution is 6.20. The molecule has 2 aromatic carbocycles. The van der Waals surface area contributed by atoms with Crippen LogP contribution in [0.5, 0.6) is 0 Å². The molecule has 4 rings (SSSR count). The minimum Gasteiger partial charge on any atom is -0.302 e. The highest BCUT2D eigenvalue weighted by atomic mass is 35.5. The second-order valence-corrected chi connectivity index (χ2v) is 5.56. The van der Waals surface area contributed by atoms with Crippen LogP contribution < -0.4 is 10.6 Å². The minimum atomic E-state index is -1.01. The van der Waals surface area contributed by atoms with Gasteiger partial charge in [0.15, 0.2) is 12.0 Å². The Morgan fingerprint density at radius 3 is 2.54 bits per heavy atom. The van der Waals surface area contributed by atoms with Gasteiger partial charge in [-0.1, -0.05) is 53.7 Å². The van der Waals surface area contributed by atoms with Gasteiger partial charge in [0.25, 0.3) is 5.91 Å². The van der Waals surface area contributed by atoms with Crippen LogP contribution in [0.3, 0.4) is 0 Å². The fourth-order valence-corrected chi connectivity index (χ4v) is 2.83. The molecule has 0 radical (unpaired) electrons. The lowest BCUT2D eigenvalue weighted by atomic mass is 10.0. The molecule has 9 heteroatoms. The summed E-state index contributed by atoms with van der Waals surface area (Å²) in [6, 6.07) is 17.2. The van der Waals surface area contributed by atoms with Crippen molar-refractivity contribution in [3.8, 4) is 0 Å². The van der Waals surface area contributed by atoms with Gasteiger partial charge >= 0.3 is 0 Å². The summed E-state index contributed by atoms with van der Waals surface area (Å²) in [5, 5.41) is 13.8. The van der Waals surface area contributed by atoms with Crippen LogP contribution in [-0.2, 0) is 11.3 Å². The Hall–Kier alpha value is -3.10. The first kappa shape index (κ1) is 17.7. The zero-order valence-corrected chi connectivity index (χ0v) is 14.4. The van der Waals surface area contributed by atoms with E-state index in [1.54, 1.807) is 4.90 Å². The zero-order chi connectivity index (χ0) is 17.2. The van der Waals surface area contributed by atoms with Gasteiger partial charge in [0.2, 0.25) is 0 Å². The smallest absolute Gasteiger partial charge is 0.266 e. The molecule has 0 saturated carbocycles. The number of carbonyl (C=O) groups excluding carboxylic acids is 1. The summed E-state index contributed by atoms with van der Waals surface area (Å²) >= 11 is 0. The largest absolute Gasteiger partial charge is 0.302 e. The van der Waals surface area contributed by atoms with Gasteiger partial charge in [0.05, 0.1) is 17.9 Å². The molecule has 0 unspecified atom stereocenters. The zero-order valence-electron chi connectivity index (χ0n) is 13.6. The van der Waals surface area contributed by atoms with Gasteiger partial charge in [0.1, 0.15) is 0 Å². The summed E-state index contributed by atoms with van der Waals surface area (Å²) in [6.07, 6.45) is -1.01. The number of rotatable bonds is 3. The third-order valence-corrected chi connectivity index (χ3v) is 3.97. The van der Waals surface area contributed by atoms with Crippen LogP contribution in [0.4, 0.5) is 5.69 Å². The quantitative estimate of drug-likeness (QED) is 0.722. The molecule has 0 saturated heterocycles. The molecule has 8 nitrogen and oxygen atoms in total. The summed E-state index contributed by atoms with van der Waals surface area (Å²) in [5.74, 6) is 0.0849. The van der Waals surface area contributed by atoms with Crippen LogP contribution in [0.25, 0.3) is 0 Å². The number of para-hydroxylation sites is 1. The second-order valence-electron chi connectivity index (χ2n) is 5.56. The molecule has 26 heavy (non-hydrogen) atoms. The number of hydrogen-bond acceptors (Lipinski definition) is 6. The number of nitrogens with two attached hydrogens (primary N) is 1. The molecule has 3 N–H and O–H groups in total. The minimum absolute atomic E-state index is 0. The highest BCUT2D eigenvalue weighted by Gasteiger charge is 2.30. The number of nitrogens with zero attached hydrogens (tertiary/aromatic N) is 5. The molecule has 0 bridgehead atoms. The Bertz CT molecular complexity index is 927. The second kappa shape index (κ2) is 7.42. The topological polar surface area (TPSA) is 113 Å². The van der Waals surface area contributed by atoms with Gasteiger partial charge in [0, 0.05) is 11.1 Å². The maximum absolute atomic E-state index is 12.8. The average molecular weight is 370 g/mol. The first-order chi connectivity index (χ1) is 12.2. The molecule has 1 amide bonds. The van der Waals surface area contributed by atoms with Crippen molar-refractivity contribution >= 4 is 29.7 Å². The SMILES string of the molecule is Cl.N[C@H]1N=C(c2ccccc2)c2ccccc2N(Cc2nn[nH]n2)C1=O. The van der Waals surface area contributed by atoms with Crippen molar-refractivity contribution in [3.05, 3.63) is 71.5 Å². The molecular weight excluding hydrogens is 354 g/mol. The van der Waals surface area contributed by atoms with Gasteiger partial charge in [-0.3, -0.25) is 9.79 Å². The number of carbonyl (C=O) groups is 1. The van der Waals surface area contributed by atoms with Crippen LogP contribution in [0.15, 0.2) is 59.6 Å². The predicted octanol–water partition coefficient (Wildman–Crippen LogP) is 1.29. The Labute approximate surface area is 155 Å². The average Bonchev–Trinajstić information content (AvgIpc) is 3.14. The number of benzene rings is 2. The first-order valence-corrected chi connectivity index (χ1v) is 7.76. The molecule has 1 aliphatic rings. The number of hydrogen-bond donors (Lipinski definition) is 2. The third-order valence-electron chi connectivity index (χ3n) is 3.97. The van der Waals surface area contributed by atoms with Crippen molar-refractivity contribution in [3.63, 3.8) is 0 Å². The van der Waals surface area contributed by atoms with Crippen LogP contribution in [0.1, 0.15) is 17.0 Å². The summed E-state index contributed by atoms with van der Waals surface area (Å²) in [5.41, 5.74) is 9.20. The van der Waals surface area contributed by atoms with E-state index in [2.05, 4.69) is 25.6 Å². The Kier molecular flexibility index (Phi) is 5.06. The molecule has 0 aliphatic carbocycles. The van der Waals surface area contributed by atoms with E-state index in [4.69, 9.17) is 5.73 Å². The van der Waals surface area contributed by atoms with E-state index in [1.165, 1.54) is 0 Å². The molecule has 0 spiro atoms. The lowest BCUT2D eigenvalue weighted by Crippen LogP contribution is -2.42. The normalized spacial score (nSPS) is 16.3. The molecule has 3 aromatic rings. The van der Waals surface area contributed by atoms with Gasteiger partial charge in [-0.15, -0.1) is 22.6 Å². The standard InChI is InChI=1S/C17H15N7O.ClH/c18-16-17(25)24(10-14-20-22-23-21-14)13-9-5-4-8-12(13)15(19-16)11-6-2-1-3-7-11;/h1-9,16H,10,18H2,(H,20,21,22,23);1H/t16-;/m0./s1. The van der Waals surface area contributed by atoms with Crippen molar-refractivity contribution in [1.82, 2.24) is 20.6 Å². The highest BCUT2D eigenvalue weighted by Crippen LogP contribution is 2.28. The fourth-order valence-electron chi connectivity index (χ4n) is 2.83. The van der Waals surface area contributed by atoms with Crippen LogP contribution >= 0.6 is 12.4 Å². The summed E-state index contributed by atoms with van der Waals surface area (Å²) in [6.45, 7) is 0.164. The van der Waals surface area contributed by atoms with E-state index in [0.717, 1.165) is 11.1 Å². The molecule has 132 valence electrons. The number of nitrogens with one attached hydrogen (secondary N) is 1. The number of aromatic nitrogens is 4. The van der Waals surface area contributed by atoms with E-state index in [-0.39, 0.29) is 24.9 Å². The van der Waals surface area contributed by atoms with Crippen molar-refractivity contribution < 1.29 is 4.79 Å². The number of benzodiazepines with no additional fused rings is 1. The van der Waals surface area contributed by atoms with Crippen molar-refractivity contribution in [1.29, 1.82) is 0 Å². The van der Waals surface area contributed by atoms with Crippen molar-refractivity contribution in [2.45, 2.75) is 12.7 Å². The van der Waals surface area contributed by atoms with Crippen LogP contribution in [0.2, 0.25) is 0 Å². The monoisotopic (exact) mass is 369 g/mol. The van der Waals surface area contributed by atoms with Crippen LogP contribution in [0, 0.1) is 0 Å². The maximum atomic E-state index is 12.8. The van der Waals surface area contributed by atoms with Gasteiger partial charge in [-0.25, -0.2) is 0 Å². The number of fused-ring (bicyclic) bond motifs is 1. The molecule has 0 fully saturated rings. The van der Waals surface area contributed by atoms with Gasteiger partial charge in [-0.2, -0.15) is 5.21 Å². The van der Waals surface area contributed by atoms with Crippen molar-refractivity contribution in [2.75, 3.05) is 4.90 Å². The Balaban J connectivity index is 0.00000196. The number of anilines is 1.